The maximum Gasteiger partial charge on any atom is 0.416 e. The molecular weight excluding hydrogens is 367 g/mol. The average molecular weight is 387 g/mol. The lowest BCUT2D eigenvalue weighted by Crippen LogP contribution is -2.40. The van der Waals surface area contributed by atoms with E-state index >= 15 is 0 Å². The second-order valence-corrected chi connectivity index (χ2v) is 9.13. The number of aromatic nitrogens is 2. The lowest BCUT2D eigenvalue weighted by molar-refractivity contribution is -0.137. The first-order valence-electron chi connectivity index (χ1n) is 8.07. The molecule has 26 heavy (non-hydrogen) atoms. The predicted octanol–water partition coefficient (Wildman–Crippen LogP) is 3.90. The van der Waals surface area contributed by atoms with Crippen LogP contribution in [0.15, 0.2) is 24.5 Å². The molecule has 3 rings (SSSR count). The molecular formula is C17H20F3N3O2S. The number of halogens is 3. The van der Waals surface area contributed by atoms with Crippen molar-refractivity contribution in [1.82, 2.24) is 14.3 Å². The quantitative estimate of drug-likeness (QED) is 0.812. The summed E-state index contributed by atoms with van der Waals surface area (Å²) in [7, 11) is 0. The topological polar surface area (TPSA) is 62.1 Å². The molecule has 1 aliphatic rings. The first-order valence-corrected chi connectivity index (χ1v) is 9.22. The molecule has 1 unspecified atom stereocenters. The molecule has 1 aromatic carbocycles. The number of nitrogens with zero attached hydrogens (tertiary/aromatic N) is 2. The Morgan fingerprint density at radius 1 is 1.31 bits per heavy atom. The fourth-order valence-corrected chi connectivity index (χ4v) is 3.43. The Labute approximate surface area is 152 Å². The third kappa shape index (κ3) is 3.56. The number of fused-ring (bicyclic) bond motifs is 3. The van der Waals surface area contributed by atoms with Crippen LogP contribution in [0.2, 0.25) is 0 Å². The fraction of sp³-hybridized carbons (Fsp3) is 0.471. The van der Waals surface area contributed by atoms with Gasteiger partial charge >= 0.3 is 6.18 Å². The second-order valence-electron chi connectivity index (χ2n) is 7.14. The van der Waals surface area contributed by atoms with Gasteiger partial charge in [-0.3, -0.25) is 4.57 Å². The Balaban J connectivity index is 1.90. The Hall–Kier alpha value is -1.71. The average Bonchev–Trinajstić information content (AvgIpc) is 2.96. The van der Waals surface area contributed by atoms with Crippen LogP contribution in [0.1, 0.15) is 50.7 Å². The standard InChI is InChI=1S/C17H20F3N3O2S/c1-10(22-26(24)16(2,3)4)15-13-8-25-14-7-11(17(18,19)20)5-6-12(14)23(13)9-21-15/h5-7,9-10,22H,8H2,1-4H3/t10-,26?/m0/s1. The van der Waals surface area contributed by atoms with Gasteiger partial charge < -0.3 is 9.29 Å². The number of alkyl halides is 3. The van der Waals surface area contributed by atoms with Crippen LogP contribution in [0.3, 0.4) is 0 Å². The van der Waals surface area contributed by atoms with E-state index in [2.05, 4.69) is 9.71 Å². The van der Waals surface area contributed by atoms with Crippen LogP contribution < -0.4 is 9.46 Å². The number of hydrogen-bond acceptors (Lipinski definition) is 4. The summed E-state index contributed by atoms with van der Waals surface area (Å²) in [5.74, 6) is 0.162. The van der Waals surface area contributed by atoms with E-state index in [9.17, 15) is 17.7 Å². The maximum atomic E-state index is 12.9. The highest BCUT2D eigenvalue weighted by Crippen LogP contribution is 2.38. The van der Waals surface area contributed by atoms with Crippen LogP contribution >= 0.6 is 0 Å². The minimum absolute atomic E-state index is 0.0951. The van der Waals surface area contributed by atoms with Crippen molar-refractivity contribution in [3.63, 3.8) is 0 Å². The van der Waals surface area contributed by atoms with Crippen molar-refractivity contribution in [2.45, 2.75) is 51.3 Å². The van der Waals surface area contributed by atoms with Gasteiger partial charge in [0.1, 0.15) is 23.4 Å². The molecule has 2 heterocycles. The maximum absolute atomic E-state index is 12.9. The summed E-state index contributed by atoms with van der Waals surface area (Å²) >= 11 is -1.28. The molecule has 2 aromatic rings. The van der Waals surface area contributed by atoms with E-state index in [4.69, 9.17) is 4.74 Å². The number of benzene rings is 1. The molecule has 5 nitrogen and oxygen atoms in total. The second kappa shape index (κ2) is 6.47. The zero-order valence-electron chi connectivity index (χ0n) is 14.8. The smallest absolute Gasteiger partial charge is 0.416 e. The molecule has 1 N–H and O–H groups in total. The molecule has 1 aromatic heterocycles. The molecule has 0 aliphatic carbocycles. The number of imidazole rings is 1. The normalized spacial score (nSPS) is 16.5. The summed E-state index contributed by atoms with van der Waals surface area (Å²) < 4.78 is 60.8. The largest absolute Gasteiger partial charge is 0.598 e. The monoisotopic (exact) mass is 387 g/mol. The van der Waals surface area contributed by atoms with E-state index in [1.165, 1.54) is 6.07 Å². The minimum Gasteiger partial charge on any atom is -0.598 e. The van der Waals surface area contributed by atoms with Crippen molar-refractivity contribution in [3.8, 4) is 11.4 Å². The van der Waals surface area contributed by atoms with E-state index in [-0.39, 0.29) is 18.4 Å². The van der Waals surface area contributed by atoms with Crippen molar-refractivity contribution in [2.24, 2.45) is 0 Å². The molecule has 0 bridgehead atoms. The highest BCUT2D eigenvalue weighted by molar-refractivity contribution is 7.90. The molecule has 0 radical (unpaired) electrons. The molecule has 1 aliphatic heterocycles. The first kappa shape index (κ1) is 19.1. The van der Waals surface area contributed by atoms with Crippen LogP contribution in [0.5, 0.6) is 5.75 Å². The third-order valence-electron chi connectivity index (χ3n) is 4.06. The highest BCUT2D eigenvalue weighted by atomic mass is 32.2. The zero-order valence-corrected chi connectivity index (χ0v) is 15.7. The SMILES string of the molecule is C[C@H](N[S+]([O-])C(C)(C)C)c1ncn2c1COc1cc(C(F)(F)F)ccc1-2. The molecule has 0 fully saturated rings. The van der Waals surface area contributed by atoms with Crippen molar-refractivity contribution in [2.75, 3.05) is 0 Å². The van der Waals surface area contributed by atoms with Crippen LogP contribution in [0.4, 0.5) is 13.2 Å². The van der Waals surface area contributed by atoms with E-state index in [0.717, 1.165) is 17.8 Å². The van der Waals surface area contributed by atoms with Gasteiger partial charge in [0.15, 0.2) is 0 Å². The van der Waals surface area contributed by atoms with Gasteiger partial charge in [-0.05, 0) is 45.9 Å². The molecule has 0 saturated carbocycles. The zero-order chi connectivity index (χ0) is 19.3. The van der Waals surface area contributed by atoms with E-state index in [1.807, 2.05) is 27.7 Å². The Morgan fingerprint density at radius 3 is 2.62 bits per heavy atom. The summed E-state index contributed by atoms with van der Waals surface area (Å²) in [6, 6.07) is 3.09. The Morgan fingerprint density at radius 2 is 2.00 bits per heavy atom. The molecule has 142 valence electrons. The lowest BCUT2D eigenvalue weighted by Gasteiger charge is -2.27. The van der Waals surface area contributed by atoms with Crippen LogP contribution in [0.25, 0.3) is 5.69 Å². The molecule has 0 spiro atoms. The van der Waals surface area contributed by atoms with Gasteiger partial charge in [-0.25, -0.2) is 4.98 Å². The summed E-state index contributed by atoms with van der Waals surface area (Å²) in [6.07, 6.45) is -2.87. The van der Waals surface area contributed by atoms with Crippen molar-refractivity contribution in [1.29, 1.82) is 0 Å². The van der Waals surface area contributed by atoms with Crippen molar-refractivity contribution in [3.05, 3.63) is 41.5 Å². The van der Waals surface area contributed by atoms with Gasteiger partial charge in [-0.15, -0.1) is 4.72 Å². The minimum atomic E-state index is -4.42. The lowest BCUT2D eigenvalue weighted by atomic mass is 10.1. The van der Waals surface area contributed by atoms with Gasteiger partial charge in [0.25, 0.3) is 0 Å². The number of hydrogen-bond donors (Lipinski definition) is 1. The third-order valence-corrected chi connectivity index (χ3v) is 5.74. The molecule has 2 atom stereocenters. The molecule has 9 heteroatoms. The number of nitrogens with one attached hydrogen (secondary N) is 1. The van der Waals surface area contributed by atoms with Crippen LogP contribution in [-0.4, -0.2) is 18.9 Å². The van der Waals surface area contributed by atoms with E-state index in [0.29, 0.717) is 11.4 Å². The van der Waals surface area contributed by atoms with Crippen LogP contribution in [0, 0.1) is 0 Å². The van der Waals surface area contributed by atoms with Gasteiger partial charge in [-0.2, -0.15) is 13.2 Å². The summed E-state index contributed by atoms with van der Waals surface area (Å²) in [5.41, 5.74) is 1.13. The summed E-state index contributed by atoms with van der Waals surface area (Å²) in [6.45, 7) is 7.53. The first-order chi connectivity index (χ1) is 12.0. The van der Waals surface area contributed by atoms with Crippen molar-refractivity contribution >= 4 is 11.4 Å². The number of rotatable bonds is 3. The predicted molar refractivity (Wildman–Crippen MR) is 92.3 cm³/mol. The van der Waals surface area contributed by atoms with E-state index in [1.54, 1.807) is 10.9 Å². The Bertz CT molecular complexity index is 815. The fourth-order valence-electron chi connectivity index (χ4n) is 2.64. The molecule has 0 amide bonds. The van der Waals surface area contributed by atoms with Gasteiger partial charge in [0.05, 0.1) is 28.7 Å². The van der Waals surface area contributed by atoms with Crippen molar-refractivity contribution < 1.29 is 22.5 Å². The van der Waals surface area contributed by atoms with E-state index < -0.39 is 27.8 Å². The van der Waals surface area contributed by atoms with Gasteiger partial charge in [-0.1, -0.05) is 0 Å². The van der Waals surface area contributed by atoms with Gasteiger partial charge in [0.2, 0.25) is 0 Å². The summed E-state index contributed by atoms with van der Waals surface area (Å²) in [5, 5.41) is 0. The highest BCUT2D eigenvalue weighted by Gasteiger charge is 2.34. The Kier molecular flexibility index (Phi) is 4.74. The van der Waals surface area contributed by atoms with Gasteiger partial charge in [0, 0.05) is 11.4 Å². The molecule has 0 saturated heterocycles. The number of ether oxygens (including phenoxy) is 1. The van der Waals surface area contributed by atoms with Crippen LogP contribution in [-0.2, 0) is 24.1 Å². The summed E-state index contributed by atoms with van der Waals surface area (Å²) in [4.78, 5) is 4.37.